The third-order valence-corrected chi connectivity index (χ3v) is 3.31. The zero-order valence-corrected chi connectivity index (χ0v) is 12.6. The molecule has 0 aliphatic heterocycles. The Morgan fingerprint density at radius 1 is 1.40 bits per heavy atom. The average Bonchev–Trinajstić information content (AvgIpc) is 2.84. The van der Waals surface area contributed by atoms with Crippen LogP contribution in [0.4, 0.5) is 5.82 Å². The molecule has 20 heavy (non-hydrogen) atoms. The molecule has 0 aromatic carbocycles. The van der Waals surface area contributed by atoms with E-state index in [1.807, 2.05) is 10.7 Å². The van der Waals surface area contributed by atoms with E-state index in [2.05, 4.69) is 54.8 Å². The van der Waals surface area contributed by atoms with Gasteiger partial charge in [-0.15, -0.1) is 0 Å². The van der Waals surface area contributed by atoms with E-state index in [9.17, 15) is 0 Å². The summed E-state index contributed by atoms with van der Waals surface area (Å²) in [6.45, 7) is 10.0. The molecule has 0 atom stereocenters. The molecule has 0 radical (unpaired) electrons. The lowest BCUT2D eigenvalue weighted by molar-refractivity contribution is 0.562. The van der Waals surface area contributed by atoms with Gasteiger partial charge in [0.25, 0.3) is 0 Å². The van der Waals surface area contributed by atoms with Crippen molar-refractivity contribution in [1.29, 1.82) is 5.26 Å². The van der Waals surface area contributed by atoms with Crippen molar-refractivity contribution in [3.63, 3.8) is 0 Å². The fourth-order valence-electron chi connectivity index (χ4n) is 2.12. The molecule has 5 heteroatoms. The van der Waals surface area contributed by atoms with E-state index in [1.54, 1.807) is 6.20 Å². The van der Waals surface area contributed by atoms with Gasteiger partial charge in [-0.1, -0.05) is 20.8 Å². The van der Waals surface area contributed by atoms with E-state index in [0.717, 1.165) is 23.6 Å². The molecule has 0 aliphatic rings. The lowest BCUT2D eigenvalue weighted by Crippen LogP contribution is -2.25. The Balaban J connectivity index is 2.48. The average molecular weight is 271 g/mol. The van der Waals surface area contributed by atoms with Gasteiger partial charge in [-0.3, -0.25) is 0 Å². The molecule has 0 bridgehead atoms. The lowest BCUT2D eigenvalue weighted by atomic mass is 9.92. The molecule has 0 spiro atoms. The molecular weight excluding hydrogens is 250 g/mol. The molecule has 0 unspecified atom stereocenters. The minimum Gasteiger partial charge on any atom is -0.354 e. The Morgan fingerprint density at radius 2 is 2.15 bits per heavy atom. The Bertz CT molecular complexity index is 630. The quantitative estimate of drug-likeness (QED) is 0.858. The van der Waals surface area contributed by atoms with Gasteiger partial charge in [-0.25, -0.2) is 9.50 Å². The summed E-state index contributed by atoms with van der Waals surface area (Å²) in [5.41, 5.74) is 2.05. The summed E-state index contributed by atoms with van der Waals surface area (Å²) in [6.07, 6.45) is 4.12. The summed E-state index contributed by atoms with van der Waals surface area (Å²) < 4.78 is 1.87. The number of anilines is 1. The lowest BCUT2D eigenvalue weighted by Gasteiger charge is -2.20. The fraction of sp³-hybridized carbons (Fsp3) is 0.533. The van der Waals surface area contributed by atoms with Crippen LogP contribution in [0.15, 0.2) is 18.5 Å². The van der Waals surface area contributed by atoms with E-state index < -0.39 is 0 Å². The zero-order chi connectivity index (χ0) is 14.8. The third kappa shape index (κ3) is 2.74. The van der Waals surface area contributed by atoms with Crippen molar-refractivity contribution in [2.24, 2.45) is 0 Å². The normalized spacial score (nSPS) is 11.6. The van der Waals surface area contributed by atoms with E-state index >= 15 is 0 Å². The first-order valence-electron chi connectivity index (χ1n) is 6.94. The molecule has 106 valence electrons. The highest BCUT2D eigenvalue weighted by atomic mass is 15.3. The van der Waals surface area contributed by atoms with Crippen LogP contribution in [0.1, 0.15) is 39.8 Å². The van der Waals surface area contributed by atoms with E-state index in [1.165, 1.54) is 0 Å². The number of rotatable bonds is 4. The van der Waals surface area contributed by atoms with Crippen LogP contribution in [0.5, 0.6) is 0 Å². The summed E-state index contributed by atoms with van der Waals surface area (Å²) in [5, 5.41) is 13.4. The first kappa shape index (κ1) is 14.3. The summed E-state index contributed by atoms with van der Waals surface area (Å²) in [5.74, 6) is 0.897. The zero-order valence-electron chi connectivity index (χ0n) is 12.6. The molecule has 0 N–H and O–H groups in total. The standard InChI is InChI=1S/C15H21N5/c1-5-19(9-6-7-16)14-12-11-13(15(2,3)4)18-20(12)10-8-17-14/h8,10-11H,5-6,9H2,1-4H3. The minimum atomic E-state index is 0.00693. The monoisotopic (exact) mass is 271 g/mol. The van der Waals surface area contributed by atoms with Crippen LogP contribution in [-0.2, 0) is 5.41 Å². The van der Waals surface area contributed by atoms with Gasteiger partial charge in [0.2, 0.25) is 0 Å². The summed E-state index contributed by atoms with van der Waals surface area (Å²) in [7, 11) is 0. The molecular formula is C15H21N5. The van der Waals surface area contributed by atoms with Gasteiger partial charge < -0.3 is 4.90 Å². The Labute approximate surface area is 119 Å². The number of aromatic nitrogens is 3. The van der Waals surface area contributed by atoms with Gasteiger partial charge in [0.05, 0.1) is 18.2 Å². The highest BCUT2D eigenvalue weighted by molar-refractivity contribution is 5.69. The molecule has 0 amide bonds. The number of fused-ring (bicyclic) bond motifs is 1. The maximum atomic E-state index is 8.77. The predicted molar refractivity (Wildman–Crippen MR) is 79.8 cm³/mol. The Hall–Kier alpha value is -2.09. The minimum absolute atomic E-state index is 0.00693. The van der Waals surface area contributed by atoms with Gasteiger partial charge in [-0.05, 0) is 13.0 Å². The summed E-state index contributed by atoms with van der Waals surface area (Å²) in [4.78, 5) is 6.60. The van der Waals surface area contributed by atoms with Crippen LogP contribution in [0, 0.1) is 11.3 Å². The van der Waals surface area contributed by atoms with Crippen molar-refractivity contribution in [3.8, 4) is 6.07 Å². The number of hydrogen-bond donors (Lipinski definition) is 0. The summed E-state index contributed by atoms with van der Waals surface area (Å²) in [6, 6.07) is 4.28. The molecule has 0 saturated heterocycles. The highest BCUT2D eigenvalue weighted by Gasteiger charge is 2.20. The van der Waals surface area contributed by atoms with Crippen LogP contribution in [0.25, 0.3) is 5.52 Å². The van der Waals surface area contributed by atoms with Crippen LogP contribution in [0.3, 0.4) is 0 Å². The van der Waals surface area contributed by atoms with E-state index in [0.29, 0.717) is 13.0 Å². The second-order valence-electron chi connectivity index (χ2n) is 5.85. The number of nitrogens with zero attached hydrogens (tertiary/aromatic N) is 5. The molecule has 2 aromatic heterocycles. The smallest absolute Gasteiger partial charge is 0.154 e. The molecule has 2 rings (SSSR count). The topological polar surface area (TPSA) is 57.2 Å². The maximum Gasteiger partial charge on any atom is 0.154 e. The SMILES string of the molecule is CCN(CCC#N)c1nccn2nc(C(C)(C)C)cc12. The molecule has 0 fully saturated rings. The summed E-state index contributed by atoms with van der Waals surface area (Å²) >= 11 is 0. The van der Waals surface area contributed by atoms with Crippen LogP contribution < -0.4 is 4.90 Å². The van der Waals surface area contributed by atoms with Gasteiger partial charge in [0.1, 0.15) is 5.52 Å². The highest BCUT2D eigenvalue weighted by Crippen LogP contribution is 2.26. The number of nitriles is 1. The molecule has 0 saturated carbocycles. The number of hydrogen-bond acceptors (Lipinski definition) is 4. The van der Waals surface area contributed by atoms with Crippen molar-refractivity contribution in [2.75, 3.05) is 18.0 Å². The first-order chi connectivity index (χ1) is 9.47. The van der Waals surface area contributed by atoms with Crippen molar-refractivity contribution in [1.82, 2.24) is 14.6 Å². The Morgan fingerprint density at radius 3 is 2.75 bits per heavy atom. The van der Waals surface area contributed by atoms with Crippen molar-refractivity contribution in [2.45, 2.75) is 39.5 Å². The molecule has 2 aromatic rings. The van der Waals surface area contributed by atoms with Crippen molar-refractivity contribution >= 4 is 11.3 Å². The van der Waals surface area contributed by atoms with Crippen molar-refractivity contribution in [3.05, 3.63) is 24.2 Å². The first-order valence-corrected chi connectivity index (χ1v) is 6.94. The van der Waals surface area contributed by atoms with Gasteiger partial charge >= 0.3 is 0 Å². The fourth-order valence-corrected chi connectivity index (χ4v) is 2.12. The van der Waals surface area contributed by atoms with E-state index in [-0.39, 0.29) is 5.41 Å². The molecule has 0 aliphatic carbocycles. The van der Waals surface area contributed by atoms with Crippen LogP contribution in [-0.4, -0.2) is 27.7 Å². The van der Waals surface area contributed by atoms with Crippen molar-refractivity contribution < 1.29 is 0 Å². The maximum absolute atomic E-state index is 8.77. The van der Waals surface area contributed by atoms with Crippen LogP contribution >= 0.6 is 0 Å². The Kier molecular flexibility index (Phi) is 3.93. The predicted octanol–water partition coefficient (Wildman–Crippen LogP) is 2.77. The van der Waals surface area contributed by atoms with Gasteiger partial charge in [-0.2, -0.15) is 10.4 Å². The molecule has 2 heterocycles. The molecule has 5 nitrogen and oxygen atoms in total. The second-order valence-corrected chi connectivity index (χ2v) is 5.85. The second kappa shape index (κ2) is 5.49. The largest absolute Gasteiger partial charge is 0.354 e. The van der Waals surface area contributed by atoms with E-state index in [4.69, 9.17) is 5.26 Å². The van der Waals surface area contributed by atoms with Crippen LogP contribution in [0.2, 0.25) is 0 Å². The van der Waals surface area contributed by atoms with Gasteiger partial charge in [0.15, 0.2) is 5.82 Å². The third-order valence-electron chi connectivity index (χ3n) is 3.31. The van der Waals surface area contributed by atoms with Gasteiger partial charge in [0, 0.05) is 30.9 Å².